The summed E-state index contributed by atoms with van der Waals surface area (Å²) in [6.07, 6.45) is 0.954. The summed E-state index contributed by atoms with van der Waals surface area (Å²) in [5.41, 5.74) is 0.701. The molecule has 0 unspecified atom stereocenters. The van der Waals surface area contributed by atoms with Gasteiger partial charge in [-0.1, -0.05) is 26.0 Å². The molecule has 0 spiro atoms. The fourth-order valence-corrected chi connectivity index (χ4v) is 2.63. The van der Waals surface area contributed by atoms with Crippen molar-refractivity contribution in [3.63, 3.8) is 0 Å². The van der Waals surface area contributed by atoms with Crippen molar-refractivity contribution < 1.29 is 17.9 Å². The molecule has 0 radical (unpaired) electrons. The molecule has 0 aliphatic rings. The Morgan fingerprint density at radius 3 is 2.25 bits per heavy atom. The van der Waals surface area contributed by atoms with Gasteiger partial charge in [-0.2, -0.15) is 0 Å². The van der Waals surface area contributed by atoms with E-state index in [4.69, 9.17) is 15.4 Å². The summed E-state index contributed by atoms with van der Waals surface area (Å²) in [5, 5.41) is 0. The standard InChI is InChI=1S/C14H19ClO4S/c1-4-19-13(16)9-10-14(2,3)11-5-7-12(8-6-11)20(15,17)18/h5-8H,4,9-10H2,1-3H3. The van der Waals surface area contributed by atoms with E-state index in [1.165, 1.54) is 12.1 Å². The number of halogens is 1. The highest BCUT2D eigenvalue weighted by atomic mass is 35.7. The summed E-state index contributed by atoms with van der Waals surface area (Å²) < 4.78 is 27.3. The van der Waals surface area contributed by atoms with E-state index in [-0.39, 0.29) is 16.3 Å². The fourth-order valence-electron chi connectivity index (χ4n) is 1.86. The van der Waals surface area contributed by atoms with Crippen LogP contribution in [0.4, 0.5) is 0 Å². The molecule has 0 aliphatic carbocycles. The van der Waals surface area contributed by atoms with Crippen LogP contribution in [-0.2, 0) is 24.0 Å². The van der Waals surface area contributed by atoms with Gasteiger partial charge < -0.3 is 4.74 Å². The summed E-state index contributed by atoms with van der Waals surface area (Å²) in [4.78, 5) is 11.5. The molecular formula is C14H19ClO4S. The number of hydrogen-bond acceptors (Lipinski definition) is 4. The van der Waals surface area contributed by atoms with Crippen LogP contribution in [0.25, 0.3) is 0 Å². The second-order valence-electron chi connectivity index (χ2n) is 5.15. The molecule has 1 aromatic rings. The van der Waals surface area contributed by atoms with Crippen molar-refractivity contribution in [2.45, 2.75) is 43.9 Å². The zero-order valence-corrected chi connectivity index (χ0v) is 13.4. The normalized spacial score (nSPS) is 12.2. The maximum atomic E-state index is 11.4. The average molecular weight is 319 g/mol. The van der Waals surface area contributed by atoms with Gasteiger partial charge in [-0.15, -0.1) is 0 Å². The summed E-state index contributed by atoms with van der Waals surface area (Å²) in [5.74, 6) is -0.222. The summed E-state index contributed by atoms with van der Waals surface area (Å²) >= 11 is 0. The molecule has 1 aromatic carbocycles. The summed E-state index contributed by atoms with van der Waals surface area (Å²) in [6.45, 7) is 6.14. The minimum Gasteiger partial charge on any atom is -0.466 e. The number of carbonyl (C=O) groups is 1. The average Bonchev–Trinajstić information content (AvgIpc) is 2.36. The molecule has 0 heterocycles. The van der Waals surface area contributed by atoms with Crippen LogP contribution >= 0.6 is 10.7 Å². The van der Waals surface area contributed by atoms with Crippen molar-refractivity contribution in [1.29, 1.82) is 0 Å². The molecule has 0 fully saturated rings. The SMILES string of the molecule is CCOC(=O)CCC(C)(C)c1ccc(S(=O)(=O)Cl)cc1. The predicted octanol–water partition coefficient (Wildman–Crippen LogP) is 3.24. The lowest BCUT2D eigenvalue weighted by atomic mass is 9.80. The second kappa shape index (κ2) is 6.59. The molecule has 0 saturated heterocycles. The van der Waals surface area contributed by atoms with Crippen LogP contribution in [-0.4, -0.2) is 21.0 Å². The molecular weight excluding hydrogens is 300 g/mol. The monoisotopic (exact) mass is 318 g/mol. The van der Waals surface area contributed by atoms with E-state index in [1.807, 2.05) is 13.8 Å². The number of rotatable bonds is 6. The molecule has 0 amide bonds. The van der Waals surface area contributed by atoms with Crippen LogP contribution in [0.3, 0.4) is 0 Å². The zero-order chi connectivity index (χ0) is 15.4. The maximum Gasteiger partial charge on any atom is 0.305 e. The van der Waals surface area contributed by atoms with Gasteiger partial charge in [0, 0.05) is 17.1 Å². The first kappa shape index (κ1) is 17.0. The first-order chi connectivity index (χ1) is 9.16. The van der Waals surface area contributed by atoms with Crippen molar-refractivity contribution in [3.8, 4) is 0 Å². The third-order valence-electron chi connectivity index (χ3n) is 3.18. The number of hydrogen-bond donors (Lipinski definition) is 0. The summed E-state index contributed by atoms with van der Waals surface area (Å²) in [7, 11) is 1.57. The molecule has 0 aromatic heterocycles. The lowest BCUT2D eigenvalue weighted by molar-refractivity contribution is -0.143. The molecule has 0 N–H and O–H groups in total. The summed E-state index contributed by atoms with van der Waals surface area (Å²) in [6, 6.07) is 6.40. The van der Waals surface area contributed by atoms with Gasteiger partial charge in [0.2, 0.25) is 0 Å². The maximum absolute atomic E-state index is 11.4. The van der Waals surface area contributed by atoms with Gasteiger partial charge in [0.1, 0.15) is 0 Å². The Hall–Kier alpha value is -1.07. The number of ether oxygens (including phenoxy) is 1. The van der Waals surface area contributed by atoms with E-state index in [1.54, 1.807) is 19.1 Å². The molecule has 0 saturated carbocycles. The minimum absolute atomic E-state index is 0.0732. The highest BCUT2D eigenvalue weighted by Crippen LogP contribution is 2.29. The Kier molecular flexibility index (Phi) is 5.59. The van der Waals surface area contributed by atoms with E-state index >= 15 is 0 Å². The third kappa shape index (κ3) is 4.80. The van der Waals surface area contributed by atoms with Crippen molar-refractivity contribution in [3.05, 3.63) is 29.8 Å². The first-order valence-electron chi connectivity index (χ1n) is 6.37. The van der Waals surface area contributed by atoms with E-state index in [2.05, 4.69) is 0 Å². The van der Waals surface area contributed by atoms with Crippen LogP contribution in [0.2, 0.25) is 0 Å². The van der Waals surface area contributed by atoms with Gasteiger partial charge in [-0.05, 0) is 36.5 Å². The van der Waals surface area contributed by atoms with Crippen molar-refractivity contribution in [1.82, 2.24) is 0 Å². The topological polar surface area (TPSA) is 60.4 Å². The molecule has 112 valence electrons. The van der Waals surface area contributed by atoms with Gasteiger partial charge in [-0.3, -0.25) is 4.79 Å². The van der Waals surface area contributed by atoms with E-state index in [0.717, 1.165) is 5.56 Å². The molecule has 20 heavy (non-hydrogen) atoms. The highest BCUT2D eigenvalue weighted by Gasteiger charge is 2.22. The Balaban J connectivity index is 2.80. The van der Waals surface area contributed by atoms with Crippen LogP contribution < -0.4 is 0 Å². The Morgan fingerprint density at radius 2 is 1.80 bits per heavy atom. The predicted molar refractivity (Wildman–Crippen MR) is 78.4 cm³/mol. The molecule has 0 atom stereocenters. The van der Waals surface area contributed by atoms with Crippen LogP contribution in [0.15, 0.2) is 29.2 Å². The number of benzene rings is 1. The first-order valence-corrected chi connectivity index (χ1v) is 8.68. The van der Waals surface area contributed by atoms with Crippen molar-refractivity contribution >= 4 is 25.7 Å². The fraction of sp³-hybridized carbons (Fsp3) is 0.500. The Bertz CT molecular complexity index is 561. The number of carbonyl (C=O) groups excluding carboxylic acids is 1. The van der Waals surface area contributed by atoms with E-state index < -0.39 is 9.05 Å². The van der Waals surface area contributed by atoms with Crippen LogP contribution in [0, 0.1) is 0 Å². The zero-order valence-electron chi connectivity index (χ0n) is 11.8. The minimum atomic E-state index is -3.70. The molecule has 6 heteroatoms. The lowest BCUT2D eigenvalue weighted by Crippen LogP contribution is -2.19. The Morgan fingerprint density at radius 1 is 1.25 bits per heavy atom. The van der Waals surface area contributed by atoms with Gasteiger partial charge in [-0.25, -0.2) is 8.42 Å². The largest absolute Gasteiger partial charge is 0.466 e. The molecule has 0 aliphatic heterocycles. The molecule has 4 nitrogen and oxygen atoms in total. The lowest BCUT2D eigenvalue weighted by Gasteiger charge is -2.25. The van der Waals surface area contributed by atoms with Crippen LogP contribution in [0.1, 0.15) is 39.2 Å². The van der Waals surface area contributed by atoms with Gasteiger partial charge >= 0.3 is 5.97 Å². The van der Waals surface area contributed by atoms with Crippen LogP contribution in [0.5, 0.6) is 0 Å². The molecule has 1 rings (SSSR count). The Labute approximate surface area is 124 Å². The quantitative estimate of drug-likeness (QED) is 0.597. The van der Waals surface area contributed by atoms with Gasteiger partial charge in [0.05, 0.1) is 11.5 Å². The van der Waals surface area contributed by atoms with Crippen molar-refractivity contribution in [2.24, 2.45) is 0 Å². The number of esters is 1. The third-order valence-corrected chi connectivity index (χ3v) is 4.55. The van der Waals surface area contributed by atoms with E-state index in [9.17, 15) is 13.2 Å². The second-order valence-corrected chi connectivity index (χ2v) is 7.72. The van der Waals surface area contributed by atoms with Gasteiger partial charge in [0.25, 0.3) is 9.05 Å². The highest BCUT2D eigenvalue weighted by molar-refractivity contribution is 8.13. The van der Waals surface area contributed by atoms with E-state index in [0.29, 0.717) is 19.4 Å². The smallest absolute Gasteiger partial charge is 0.305 e. The van der Waals surface area contributed by atoms with Gasteiger partial charge in [0.15, 0.2) is 0 Å². The molecule has 0 bridgehead atoms. The van der Waals surface area contributed by atoms with Crippen molar-refractivity contribution in [2.75, 3.05) is 6.61 Å².